The molecular weight excluding hydrogens is 122 g/mol. The Morgan fingerprint density at radius 3 is 2.88 bits per heavy atom. The maximum Gasteiger partial charge on any atom is 0.191 e. The summed E-state index contributed by atoms with van der Waals surface area (Å²) in [6.07, 6.45) is 0.900. The number of aromatic hydroxyl groups is 1. The third-order valence-electron chi connectivity index (χ3n) is 0.909. The van der Waals surface area contributed by atoms with Crippen molar-refractivity contribution in [3.63, 3.8) is 0 Å². The molecule has 1 rings (SSSR count). The fourth-order valence-corrected chi connectivity index (χ4v) is 1.05. The Morgan fingerprint density at radius 1 is 1.88 bits per heavy atom. The summed E-state index contributed by atoms with van der Waals surface area (Å²) in [5.41, 5.74) is 0.965. The van der Waals surface area contributed by atoms with E-state index >= 15 is 0 Å². The summed E-state index contributed by atoms with van der Waals surface area (Å²) in [5, 5.41) is 9.05. The Morgan fingerprint density at radius 2 is 2.62 bits per heavy atom. The number of aryl methyl sites for hydroxylation is 1. The molecule has 1 aromatic rings. The van der Waals surface area contributed by atoms with Crippen LogP contribution in [-0.4, -0.2) is 9.48 Å². The van der Waals surface area contributed by atoms with E-state index in [1.807, 2.05) is 6.92 Å². The van der Waals surface area contributed by atoms with Gasteiger partial charge in [-0.05, 0) is 6.42 Å². The molecule has 0 aliphatic heterocycles. The molecule has 8 heavy (non-hydrogen) atoms. The summed E-state index contributed by atoms with van der Waals surface area (Å²) < 4.78 is 3.93. The van der Waals surface area contributed by atoms with Gasteiger partial charge in [-0.25, -0.2) is 0 Å². The topological polar surface area (TPSA) is 33.1 Å². The predicted molar refractivity (Wildman–Crippen MR) is 33.2 cm³/mol. The van der Waals surface area contributed by atoms with Crippen LogP contribution < -0.4 is 0 Å². The van der Waals surface area contributed by atoms with Crippen molar-refractivity contribution in [2.45, 2.75) is 13.3 Å². The number of nitrogens with zero attached hydrogens (tertiary/aromatic N) is 1. The molecule has 0 unspecified atom stereocenters. The van der Waals surface area contributed by atoms with E-state index in [0.29, 0.717) is 5.06 Å². The second-order valence-corrected chi connectivity index (χ2v) is 2.29. The van der Waals surface area contributed by atoms with Crippen LogP contribution in [0.5, 0.6) is 5.06 Å². The SMILES string of the molecule is CCc1cc(O)sn1. The van der Waals surface area contributed by atoms with Gasteiger partial charge in [0.2, 0.25) is 0 Å². The molecule has 0 saturated heterocycles. The fourth-order valence-electron chi connectivity index (χ4n) is 0.467. The Bertz CT molecular complexity index is 173. The molecule has 0 atom stereocenters. The summed E-state index contributed by atoms with van der Waals surface area (Å²) in [5.74, 6) is 0. The predicted octanol–water partition coefficient (Wildman–Crippen LogP) is 1.41. The van der Waals surface area contributed by atoms with Crippen LogP contribution in [0.4, 0.5) is 0 Å². The molecule has 0 aliphatic carbocycles. The third kappa shape index (κ3) is 0.980. The van der Waals surface area contributed by atoms with E-state index in [1.54, 1.807) is 6.07 Å². The van der Waals surface area contributed by atoms with Gasteiger partial charge in [0.1, 0.15) is 0 Å². The van der Waals surface area contributed by atoms with Crippen LogP contribution in [0.1, 0.15) is 12.6 Å². The Hall–Kier alpha value is -0.570. The minimum atomic E-state index is 0.307. The first-order chi connectivity index (χ1) is 3.83. The maximum atomic E-state index is 8.74. The van der Waals surface area contributed by atoms with Crippen molar-refractivity contribution in [1.29, 1.82) is 0 Å². The molecule has 1 aromatic heterocycles. The lowest BCUT2D eigenvalue weighted by molar-refractivity contribution is 0.490. The lowest BCUT2D eigenvalue weighted by atomic mass is 10.3. The zero-order valence-corrected chi connectivity index (χ0v) is 5.40. The molecule has 0 bridgehead atoms. The molecule has 3 heteroatoms. The normalized spacial score (nSPS) is 9.62. The van der Waals surface area contributed by atoms with Crippen molar-refractivity contribution >= 4 is 11.5 Å². The summed E-state index contributed by atoms with van der Waals surface area (Å²) in [6, 6.07) is 1.69. The molecule has 0 radical (unpaired) electrons. The van der Waals surface area contributed by atoms with Crippen LogP contribution in [0.3, 0.4) is 0 Å². The van der Waals surface area contributed by atoms with Crippen molar-refractivity contribution in [3.8, 4) is 5.06 Å². The lowest BCUT2D eigenvalue weighted by Gasteiger charge is -1.77. The number of hydrogen-bond donors (Lipinski definition) is 1. The summed E-state index contributed by atoms with van der Waals surface area (Å²) >= 11 is 1.13. The monoisotopic (exact) mass is 129 g/mol. The fraction of sp³-hybridized carbons (Fsp3) is 0.400. The minimum Gasteiger partial charge on any atom is -0.498 e. The first-order valence-electron chi connectivity index (χ1n) is 2.47. The smallest absolute Gasteiger partial charge is 0.191 e. The summed E-state index contributed by atoms with van der Waals surface area (Å²) in [6.45, 7) is 2.01. The molecule has 0 amide bonds. The van der Waals surface area contributed by atoms with Crippen LogP contribution in [-0.2, 0) is 6.42 Å². The molecule has 0 aliphatic rings. The average molecular weight is 129 g/mol. The first-order valence-corrected chi connectivity index (χ1v) is 3.25. The van der Waals surface area contributed by atoms with E-state index in [4.69, 9.17) is 5.11 Å². The van der Waals surface area contributed by atoms with Crippen molar-refractivity contribution in [1.82, 2.24) is 4.37 Å². The van der Waals surface area contributed by atoms with E-state index < -0.39 is 0 Å². The van der Waals surface area contributed by atoms with Crippen LogP contribution >= 0.6 is 11.5 Å². The standard InChI is InChI=1S/C5H7NOS/c1-2-4-3-5(7)8-6-4/h3,7H,2H2,1H3. The van der Waals surface area contributed by atoms with Crippen molar-refractivity contribution in [2.24, 2.45) is 0 Å². The van der Waals surface area contributed by atoms with E-state index in [0.717, 1.165) is 23.6 Å². The van der Waals surface area contributed by atoms with E-state index in [9.17, 15) is 0 Å². The molecule has 44 valence electrons. The second kappa shape index (κ2) is 2.13. The van der Waals surface area contributed by atoms with Crippen LogP contribution in [0.25, 0.3) is 0 Å². The van der Waals surface area contributed by atoms with Gasteiger partial charge < -0.3 is 5.11 Å². The number of hydrogen-bond acceptors (Lipinski definition) is 3. The molecule has 0 fully saturated rings. The van der Waals surface area contributed by atoms with Gasteiger partial charge in [-0.2, -0.15) is 4.37 Å². The highest BCUT2D eigenvalue weighted by Gasteiger charge is 1.93. The first kappa shape index (κ1) is 5.56. The number of rotatable bonds is 1. The molecule has 1 N–H and O–H groups in total. The van der Waals surface area contributed by atoms with Crippen molar-refractivity contribution in [2.75, 3.05) is 0 Å². The Balaban J connectivity index is 2.84. The van der Waals surface area contributed by atoms with Gasteiger partial charge in [0.25, 0.3) is 0 Å². The van der Waals surface area contributed by atoms with Gasteiger partial charge in [0, 0.05) is 17.6 Å². The van der Waals surface area contributed by atoms with Crippen LogP contribution in [0.15, 0.2) is 6.07 Å². The molecule has 2 nitrogen and oxygen atoms in total. The lowest BCUT2D eigenvalue weighted by Crippen LogP contribution is -1.72. The Labute approximate surface area is 52.0 Å². The average Bonchev–Trinajstić information content (AvgIpc) is 2.14. The maximum absolute atomic E-state index is 8.74. The van der Waals surface area contributed by atoms with Gasteiger partial charge in [0.05, 0.1) is 5.69 Å². The number of aromatic nitrogens is 1. The summed E-state index contributed by atoms with van der Waals surface area (Å²) in [7, 11) is 0. The zero-order chi connectivity index (χ0) is 5.98. The van der Waals surface area contributed by atoms with Gasteiger partial charge in [-0.15, -0.1) is 0 Å². The highest BCUT2D eigenvalue weighted by molar-refractivity contribution is 7.07. The molecule has 1 heterocycles. The third-order valence-corrected chi connectivity index (χ3v) is 1.54. The van der Waals surface area contributed by atoms with Gasteiger partial charge in [-0.3, -0.25) is 0 Å². The highest BCUT2D eigenvalue weighted by Crippen LogP contribution is 2.16. The minimum absolute atomic E-state index is 0.307. The zero-order valence-electron chi connectivity index (χ0n) is 4.59. The second-order valence-electron chi connectivity index (χ2n) is 1.51. The molecular formula is C5H7NOS. The largest absolute Gasteiger partial charge is 0.498 e. The quantitative estimate of drug-likeness (QED) is 0.622. The van der Waals surface area contributed by atoms with Gasteiger partial charge in [0.15, 0.2) is 5.06 Å². The van der Waals surface area contributed by atoms with Gasteiger partial charge >= 0.3 is 0 Å². The van der Waals surface area contributed by atoms with E-state index in [-0.39, 0.29) is 0 Å². The highest BCUT2D eigenvalue weighted by atomic mass is 32.1. The van der Waals surface area contributed by atoms with Crippen LogP contribution in [0.2, 0.25) is 0 Å². The van der Waals surface area contributed by atoms with E-state index in [2.05, 4.69) is 4.37 Å². The van der Waals surface area contributed by atoms with Crippen molar-refractivity contribution < 1.29 is 5.11 Å². The molecule has 0 aromatic carbocycles. The molecule has 0 spiro atoms. The van der Waals surface area contributed by atoms with Crippen LogP contribution in [0, 0.1) is 0 Å². The van der Waals surface area contributed by atoms with Gasteiger partial charge in [-0.1, -0.05) is 6.92 Å². The van der Waals surface area contributed by atoms with E-state index in [1.165, 1.54) is 0 Å². The molecule has 0 saturated carbocycles. The summed E-state index contributed by atoms with van der Waals surface area (Å²) in [4.78, 5) is 0. The van der Waals surface area contributed by atoms with Crippen molar-refractivity contribution in [3.05, 3.63) is 11.8 Å². The Kier molecular flexibility index (Phi) is 1.48.